The fraction of sp³-hybridized carbons (Fsp3) is 0.143. The van der Waals surface area contributed by atoms with E-state index >= 15 is 0 Å². The van der Waals surface area contributed by atoms with E-state index in [0.29, 0.717) is 11.8 Å². The summed E-state index contributed by atoms with van der Waals surface area (Å²) in [5.74, 6) is -0.283. The zero-order chi connectivity index (χ0) is 23.8. The molecule has 33 heavy (non-hydrogen) atoms. The number of hydrogen-bond acceptors (Lipinski definition) is 5. The Morgan fingerprint density at radius 1 is 1.18 bits per heavy atom. The molecule has 2 aromatic heterocycles. The third kappa shape index (κ3) is 4.82. The third-order valence-corrected chi connectivity index (χ3v) is 4.90. The number of rotatable bonds is 5. The minimum atomic E-state index is -4.61. The van der Waals surface area contributed by atoms with Gasteiger partial charge in [0, 0.05) is 12.4 Å². The van der Waals surface area contributed by atoms with Gasteiger partial charge in [-0.15, -0.1) is 5.10 Å². The van der Waals surface area contributed by atoms with E-state index in [2.05, 4.69) is 15.4 Å². The number of nitrogens with one attached hydrogen (secondary N) is 1. The van der Waals surface area contributed by atoms with Crippen LogP contribution in [0.2, 0.25) is 5.02 Å². The Labute approximate surface area is 189 Å². The molecule has 0 saturated heterocycles. The molecular formula is C21H15ClF3N5O3. The second-order valence-electron chi connectivity index (χ2n) is 7.02. The Bertz CT molecular complexity index is 1400. The van der Waals surface area contributed by atoms with Crippen molar-refractivity contribution in [2.75, 3.05) is 5.32 Å². The summed E-state index contributed by atoms with van der Waals surface area (Å²) < 4.78 is 46.5. The van der Waals surface area contributed by atoms with Gasteiger partial charge in [-0.2, -0.15) is 13.2 Å². The summed E-state index contributed by atoms with van der Waals surface area (Å²) in [4.78, 5) is 29.2. The molecule has 0 atom stereocenters. The van der Waals surface area contributed by atoms with Crippen LogP contribution in [0, 0.1) is 6.92 Å². The third-order valence-electron chi connectivity index (χ3n) is 4.57. The van der Waals surface area contributed by atoms with Gasteiger partial charge in [0.1, 0.15) is 12.3 Å². The van der Waals surface area contributed by atoms with E-state index in [4.69, 9.17) is 16.3 Å². The van der Waals surface area contributed by atoms with Crippen molar-refractivity contribution in [3.05, 3.63) is 81.5 Å². The number of hydrogen-bond donors (Lipinski definition) is 1. The average Bonchev–Trinajstić information content (AvgIpc) is 3.07. The van der Waals surface area contributed by atoms with E-state index in [-0.39, 0.29) is 22.2 Å². The van der Waals surface area contributed by atoms with Crippen LogP contribution in [-0.2, 0) is 17.5 Å². The van der Waals surface area contributed by atoms with E-state index in [1.807, 2.05) is 19.1 Å². The number of amides is 1. The van der Waals surface area contributed by atoms with Crippen molar-refractivity contribution in [3.8, 4) is 11.6 Å². The van der Waals surface area contributed by atoms with E-state index in [0.717, 1.165) is 26.8 Å². The van der Waals surface area contributed by atoms with Crippen LogP contribution in [0.5, 0.6) is 11.6 Å². The highest BCUT2D eigenvalue weighted by Crippen LogP contribution is 2.33. The van der Waals surface area contributed by atoms with Gasteiger partial charge in [-0.1, -0.05) is 29.3 Å². The monoisotopic (exact) mass is 477 g/mol. The van der Waals surface area contributed by atoms with Crippen LogP contribution in [0.15, 0.2) is 59.7 Å². The Morgan fingerprint density at radius 3 is 2.61 bits per heavy atom. The summed E-state index contributed by atoms with van der Waals surface area (Å²) in [6.07, 6.45) is -1.92. The molecule has 4 aromatic rings. The molecule has 0 spiro atoms. The maximum Gasteiger partial charge on any atom is 0.416 e. The first-order valence-electron chi connectivity index (χ1n) is 9.47. The number of nitrogens with zero attached hydrogens (tertiary/aromatic N) is 4. The van der Waals surface area contributed by atoms with Gasteiger partial charge in [0.05, 0.1) is 16.3 Å². The first-order chi connectivity index (χ1) is 15.6. The zero-order valence-corrected chi connectivity index (χ0v) is 17.7. The molecule has 0 fully saturated rings. The molecule has 170 valence electrons. The summed E-state index contributed by atoms with van der Waals surface area (Å²) in [7, 11) is 0. The number of fused-ring (bicyclic) bond motifs is 1. The van der Waals surface area contributed by atoms with E-state index in [9.17, 15) is 22.8 Å². The molecular weight excluding hydrogens is 463 g/mol. The number of aryl methyl sites for hydroxylation is 1. The maximum absolute atomic E-state index is 12.9. The summed E-state index contributed by atoms with van der Waals surface area (Å²) in [6, 6.07) is 9.66. The fourth-order valence-electron chi connectivity index (χ4n) is 2.94. The molecule has 0 aliphatic rings. The lowest BCUT2D eigenvalue weighted by Gasteiger charge is -2.11. The number of ether oxygens (including phenoxy) is 1. The lowest BCUT2D eigenvalue weighted by atomic mass is 10.2. The standard InChI is InChI=1S/C21H15ClF3N5O3/c1-12-2-5-14(6-3-12)33-19-18-28-30(20(32)29(18)9-8-26-19)11-17(31)27-16-10-13(21(23,24)25)4-7-15(16)22/h2-10H,11H2,1H3,(H,27,31). The molecule has 1 amide bonds. The number of halogens is 4. The highest BCUT2D eigenvalue weighted by molar-refractivity contribution is 6.33. The normalized spacial score (nSPS) is 11.5. The minimum Gasteiger partial charge on any atom is -0.436 e. The molecule has 12 heteroatoms. The Balaban J connectivity index is 1.58. The van der Waals surface area contributed by atoms with Crippen molar-refractivity contribution in [2.45, 2.75) is 19.6 Å². The van der Waals surface area contributed by atoms with Gasteiger partial charge in [-0.3, -0.25) is 4.79 Å². The van der Waals surface area contributed by atoms with Crippen molar-refractivity contribution in [2.24, 2.45) is 0 Å². The van der Waals surface area contributed by atoms with Gasteiger partial charge in [-0.25, -0.2) is 18.9 Å². The van der Waals surface area contributed by atoms with Gasteiger partial charge in [0.2, 0.25) is 11.6 Å². The molecule has 0 aliphatic heterocycles. The summed E-state index contributed by atoms with van der Waals surface area (Å²) in [6.45, 7) is 1.35. The van der Waals surface area contributed by atoms with Gasteiger partial charge in [-0.05, 0) is 37.3 Å². The maximum atomic E-state index is 12.9. The van der Waals surface area contributed by atoms with Gasteiger partial charge in [0.15, 0.2) is 0 Å². The van der Waals surface area contributed by atoms with Crippen molar-refractivity contribution < 1.29 is 22.7 Å². The Kier molecular flexibility index (Phi) is 5.81. The SMILES string of the molecule is Cc1ccc(Oc2nccn3c(=O)n(CC(=O)Nc4cc(C(F)(F)F)ccc4Cl)nc23)cc1. The Morgan fingerprint density at radius 2 is 1.91 bits per heavy atom. The Hall–Kier alpha value is -3.86. The molecule has 8 nitrogen and oxygen atoms in total. The topological polar surface area (TPSA) is 90.5 Å². The molecule has 4 rings (SSSR count). The van der Waals surface area contributed by atoms with Crippen molar-refractivity contribution in [1.82, 2.24) is 19.2 Å². The number of anilines is 1. The van der Waals surface area contributed by atoms with Crippen LogP contribution in [0.25, 0.3) is 5.65 Å². The quantitative estimate of drug-likeness (QED) is 0.463. The van der Waals surface area contributed by atoms with Gasteiger partial charge < -0.3 is 10.1 Å². The number of alkyl halides is 3. The lowest BCUT2D eigenvalue weighted by Crippen LogP contribution is -2.28. The van der Waals surface area contributed by atoms with Crippen LogP contribution < -0.4 is 15.7 Å². The molecule has 0 saturated carbocycles. The number of benzene rings is 2. The predicted molar refractivity (Wildman–Crippen MR) is 114 cm³/mol. The minimum absolute atomic E-state index is 0.0403. The van der Waals surface area contributed by atoms with Crippen LogP contribution in [0.3, 0.4) is 0 Å². The van der Waals surface area contributed by atoms with Crippen LogP contribution in [0.1, 0.15) is 11.1 Å². The second-order valence-corrected chi connectivity index (χ2v) is 7.43. The van der Waals surface area contributed by atoms with Crippen molar-refractivity contribution in [1.29, 1.82) is 0 Å². The number of carbonyl (C=O) groups excluding carboxylic acids is 1. The second kappa shape index (κ2) is 8.58. The van der Waals surface area contributed by atoms with Gasteiger partial charge >= 0.3 is 11.9 Å². The summed E-state index contributed by atoms with van der Waals surface area (Å²) >= 11 is 5.90. The molecule has 0 bridgehead atoms. The molecule has 2 aromatic carbocycles. The largest absolute Gasteiger partial charge is 0.436 e. The highest BCUT2D eigenvalue weighted by Gasteiger charge is 2.31. The molecule has 2 heterocycles. The molecule has 0 unspecified atom stereocenters. The van der Waals surface area contributed by atoms with Crippen LogP contribution in [0.4, 0.5) is 18.9 Å². The van der Waals surface area contributed by atoms with E-state index < -0.39 is 29.9 Å². The smallest absolute Gasteiger partial charge is 0.416 e. The van der Waals surface area contributed by atoms with Crippen LogP contribution in [-0.4, -0.2) is 25.1 Å². The van der Waals surface area contributed by atoms with Crippen molar-refractivity contribution >= 4 is 28.8 Å². The summed E-state index contributed by atoms with van der Waals surface area (Å²) in [5, 5.41) is 6.28. The molecule has 1 N–H and O–H groups in total. The fourth-order valence-corrected chi connectivity index (χ4v) is 3.11. The number of carbonyl (C=O) groups is 1. The highest BCUT2D eigenvalue weighted by atomic mass is 35.5. The number of aromatic nitrogens is 4. The first kappa shape index (κ1) is 22.3. The van der Waals surface area contributed by atoms with Crippen molar-refractivity contribution in [3.63, 3.8) is 0 Å². The van der Waals surface area contributed by atoms with Crippen LogP contribution >= 0.6 is 11.6 Å². The molecule has 0 aliphatic carbocycles. The van der Waals surface area contributed by atoms with E-state index in [1.165, 1.54) is 12.4 Å². The average molecular weight is 478 g/mol. The summed E-state index contributed by atoms with van der Waals surface area (Å²) in [5.41, 5.74) is -0.783. The molecule has 0 radical (unpaired) electrons. The first-order valence-corrected chi connectivity index (χ1v) is 9.85. The van der Waals surface area contributed by atoms with E-state index in [1.54, 1.807) is 12.1 Å². The predicted octanol–water partition coefficient (Wildman–Crippen LogP) is 4.30. The van der Waals surface area contributed by atoms with Gasteiger partial charge in [0.25, 0.3) is 5.88 Å². The lowest BCUT2D eigenvalue weighted by molar-refractivity contribution is -0.137. The zero-order valence-electron chi connectivity index (χ0n) is 16.9.